The molecule has 0 aliphatic carbocycles. The Labute approximate surface area is 66.8 Å². The Hall–Kier alpha value is -0.610. The minimum Gasteiger partial charge on any atom is -0.381 e. The van der Waals surface area contributed by atoms with Crippen LogP contribution < -0.4 is 11.1 Å². The molecule has 0 saturated carbocycles. The van der Waals surface area contributed by atoms with Gasteiger partial charge in [0.2, 0.25) is 5.91 Å². The molecule has 0 fully saturated rings. The van der Waals surface area contributed by atoms with Gasteiger partial charge >= 0.3 is 0 Å². The van der Waals surface area contributed by atoms with Crippen molar-refractivity contribution in [2.45, 2.75) is 26.3 Å². The number of aliphatic hydroxyl groups excluding tert-OH is 1. The summed E-state index contributed by atoms with van der Waals surface area (Å²) in [6.45, 7) is 3.78. The van der Waals surface area contributed by atoms with Crippen LogP contribution in [0.3, 0.4) is 0 Å². The van der Waals surface area contributed by atoms with Crippen LogP contribution in [0.2, 0.25) is 0 Å². The van der Waals surface area contributed by atoms with Crippen molar-refractivity contribution < 1.29 is 9.90 Å². The number of hydrogen-bond acceptors (Lipinski definition) is 3. The van der Waals surface area contributed by atoms with E-state index >= 15 is 0 Å². The molecule has 0 radical (unpaired) electrons. The van der Waals surface area contributed by atoms with Gasteiger partial charge in [-0.15, -0.1) is 0 Å². The van der Waals surface area contributed by atoms with Crippen molar-refractivity contribution in [2.75, 3.05) is 6.73 Å². The molecule has 0 aromatic rings. The molecule has 1 unspecified atom stereocenters. The number of nitrogens with one attached hydrogen (secondary N) is 1. The van der Waals surface area contributed by atoms with E-state index < -0.39 is 11.9 Å². The molecule has 0 spiro atoms. The van der Waals surface area contributed by atoms with Crippen LogP contribution in [-0.4, -0.2) is 23.8 Å². The van der Waals surface area contributed by atoms with Gasteiger partial charge in [-0.2, -0.15) is 0 Å². The quantitative estimate of drug-likeness (QED) is 0.471. The molecule has 0 saturated heterocycles. The number of carbonyl (C=O) groups excluding carboxylic acids is 1. The van der Waals surface area contributed by atoms with Gasteiger partial charge in [-0.3, -0.25) is 10.1 Å². The number of primary amides is 1. The molecule has 0 aliphatic heterocycles. The van der Waals surface area contributed by atoms with Crippen molar-refractivity contribution >= 4 is 5.91 Å². The van der Waals surface area contributed by atoms with E-state index in [0.29, 0.717) is 12.3 Å². The summed E-state index contributed by atoms with van der Waals surface area (Å²) in [7, 11) is 0. The van der Waals surface area contributed by atoms with Crippen LogP contribution in [0.4, 0.5) is 0 Å². The Morgan fingerprint density at radius 3 is 2.45 bits per heavy atom. The molecular weight excluding hydrogens is 144 g/mol. The zero-order valence-corrected chi connectivity index (χ0v) is 7.00. The first-order valence-electron chi connectivity index (χ1n) is 3.71. The molecular formula is C7H16N2O2. The van der Waals surface area contributed by atoms with Gasteiger partial charge in [0.25, 0.3) is 0 Å². The minimum atomic E-state index is -0.409. The summed E-state index contributed by atoms with van der Waals surface area (Å²) in [4.78, 5) is 10.7. The van der Waals surface area contributed by atoms with Gasteiger partial charge in [0.15, 0.2) is 0 Å². The van der Waals surface area contributed by atoms with Crippen LogP contribution in [0, 0.1) is 5.92 Å². The third-order valence-electron chi connectivity index (χ3n) is 1.39. The Kier molecular flexibility index (Phi) is 4.81. The van der Waals surface area contributed by atoms with Gasteiger partial charge in [0.05, 0.1) is 12.8 Å². The lowest BCUT2D eigenvalue weighted by molar-refractivity contribution is -0.120. The largest absolute Gasteiger partial charge is 0.381 e. The van der Waals surface area contributed by atoms with Gasteiger partial charge in [0.1, 0.15) is 0 Å². The molecule has 1 amide bonds. The van der Waals surface area contributed by atoms with E-state index in [2.05, 4.69) is 5.32 Å². The summed E-state index contributed by atoms with van der Waals surface area (Å²) in [5.41, 5.74) is 5.06. The van der Waals surface area contributed by atoms with Gasteiger partial charge in [-0.05, 0) is 12.3 Å². The van der Waals surface area contributed by atoms with Crippen LogP contribution in [0.25, 0.3) is 0 Å². The molecule has 0 aromatic carbocycles. The van der Waals surface area contributed by atoms with Crippen LogP contribution in [-0.2, 0) is 4.79 Å². The summed E-state index contributed by atoms with van der Waals surface area (Å²) >= 11 is 0. The van der Waals surface area contributed by atoms with Crippen LogP contribution in [0.5, 0.6) is 0 Å². The van der Waals surface area contributed by atoms with E-state index in [0.717, 1.165) is 0 Å². The predicted molar refractivity (Wildman–Crippen MR) is 42.7 cm³/mol. The maximum atomic E-state index is 10.7. The zero-order chi connectivity index (χ0) is 8.85. The predicted octanol–water partition coefficient (Wildman–Crippen LogP) is -0.574. The molecule has 0 bridgehead atoms. The molecule has 11 heavy (non-hydrogen) atoms. The fourth-order valence-electron chi connectivity index (χ4n) is 0.882. The first-order valence-corrected chi connectivity index (χ1v) is 3.71. The lowest BCUT2D eigenvalue weighted by Crippen LogP contribution is -2.42. The molecule has 0 aliphatic rings. The Morgan fingerprint density at radius 1 is 1.64 bits per heavy atom. The lowest BCUT2D eigenvalue weighted by atomic mass is 10.0. The second-order valence-corrected chi connectivity index (χ2v) is 2.95. The van der Waals surface area contributed by atoms with Crippen molar-refractivity contribution in [3.8, 4) is 0 Å². The van der Waals surface area contributed by atoms with Crippen molar-refractivity contribution in [1.29, 1.82) is 0 Å². The highest BCUT2D eigenvalue weighted by Crippen LogP contribution is 2.03. The normalized spacial score (nSPS) is 13.5. The zero-order valence-electron chi connectivity index (χ0n) is 7.00. The third-order valence-corrected chi connectivity index (χ3v) is 1.39. The number of nitrogens with two attached hydrogens (primary N) is 1. The first kappa shape index (κ1) is 10.4. The van der Waals surface area contributed by atoms with Crippen molar-refractivity contribution in [3.63, 3.8) is 0 Å². The molecule has 4 N–H and O–H groups in total. The average Bonchev–Trinajstić information content (AvgIpc) is 1.86. The van der Waals surface area contributed by atoms with E-state index in [1.807, 2.05) is 13.8 Å². The monoisotopic (exact) mass is 160 g/mol. The van der Waals surface area contributed by atoms with E-state index in [4.69, 9.17) is 10.8 Å². The van der Waals surface area contributed by atoms with Crippen molar-refractivity contribution in [2.24, 2.45) is 11.7 Å². The average molecular weight is 160 g/mol. The second-order valence-electron chi connectivity index (χ2n) is 2.95. The number of carbonyl (C=O) groups is 1. The standard InChI is InChI=1S/C7H16N2O2/c1-5(2)3-6(7(8)11)9-4-10/h5-6,9-10H,3-4H2,1-2H3,(H2,8,11). The van der Waals surface area contributed by atoms with E-state index in [1.54, 1.807) is 0 Å². The second kappa shape index (κ2) is 5.09. The fourth-order valence-corrected chi connectivity index (χ4v) is 0.882. The molecule has 0 rings (SSSR count). The summed E-state index contributed by atoms with van der Waals surface area (Å²) in [5, 5.41) is 11.1. The Balaban J connectivity index is 3.79. The van der Waals surface area contributed by atoms with Gasteiger partial charge < -0.3 is 10.8 Å². The summed E-state index contributed by atoms with van der Waals surface area (Å²) in [6, 6.07) is -0.403. The molecule has 4 nitrogen and oxygen atoms in total. The highest BCUT2D eigenvalue weighted by atomic mass is 16.3. The molecule has 4 heteroatoms. The minimum absolute atomic E-state index is 0.208. The lowest BCUT2D eigenvalue weighted by Gasteiger charge is -2.15. The van der Waals surface area contributed by atoms with Crippen molar-refractivity contribution in [3.05, 3.63) is 0 Å². The van der Waals surface area contributed by atoms with Gasteiger partial charge in [0, 0.05) is 0 Å². The van der Waals surface area contributed by atoms with Gasteiger partial charge in [-0.1, -0.05) is 13.8 Å². The van der Waals surface area contributed by atoms with Crippen molar-refractivity contribution in [1.82, 2.24) is 5.32 Å². The number of aliphatic hydroxyl groups is 1. The Bertz CT molecular complexity index is 126. The van der Waals surface area contributed by atoms with Gasteiger partial charge in [-0.25, -0.2) is 0 Å². The summed E-state index contributed by atoms with van der Waals surface area (Å²) < 4.78 is 0. The number of rotatable bonds is 5. The smallest absolute Gasteiger partial charge is 0.234 e. The topological polar surface area (TPSA) is 75.3 Å². The van der Waals surface area contributed by atoms with Crippen LogP contribution in [0.15, 0.2) is 0 Å². The highest BCUT2D eigenvalue weighted by Gasteiger charge is 2.14. The van der Waals surface area contributed by atoms with Crippen LogP contribution >= 0.6 is 0 Å². The fraction of sp³-hybridized carbons (Fsp3) is 0.857. The van der Waals surface area contributed by atoms with E-state index in [9.17, 15) is 4.79 Å². The maximum absolute atomic E-state index is 10.7. The molecule has 1 atom stereocenters. The summed E-state index contributed by atoms with van der Waals surface area (Å²) in [5.74, 6) is -0.0145. The van der Waals surface area contributed by atoms with E-state index in [1.165, 1.54) is 0 Å². The molecule has 0 aromatic heterocycles. The third kappa shape index (κ3) is 4.75. The number of amides is 1. The first-order chi connectivity index (χ1) is 5.07. The Morgan fingerprint density at radius 2 is 2.18 bits per heavy atom. The highest BCUT2D eigenvalue weighted by molar-refractivity contribution is 5.79. The van der Waals surface area contributed by atoms with E-state index in [-0.39, 0.29) is 6.73 Å². The maximum Gasteiger partial charge on any atom is 0.234 e. The number of hydrogen-bond donors (Lipinski definition) is 3. The SMILES string of the molecule is CC(C)CC(NCO)C(N)=O. The van der Waals surface area contributed by atoms with Crippen LogP contribution in [0.1, 0.15) is 20.3 Å². The molecule has 0 heterocycles. The molecule has 66 valence electrons. The summed E-state index contributed by atoms with van der Waals surface area (Å²) in [6.07, 6.45) is 0.663.